The molecular formula is C13H11N3O4. The molecule has 20 heavy (non-hydrogen) atoms. The van der Waals surface area contributed by atoms with Gasteiger partial charge in [0.05, 0.1) is 10.6 Å². The number of phenolic OH excluding ortho intramolecular Hbond substituents is 1. The minimum Gasteiger partial charge on any atom is -0.506 e. The van der Waals surface area contributed by atoms with Crippen molar-refractivity contribution in [3.63, 3.8) is 0 Å². The van der Waals surface area contributed by atoms with Crippen molar-refractivity contribution in [2.24, 2.45) is 4.99 Å². The van der Waals surface area contributed by atoms with Crippen molar-refractivity contribution >= 4 is 28.6 Å². The third-order valence-electron chi connectivity index (χ3n) is 2.74. The van der Waals surface area contributed by atoms with Gasteiger partial charge in [-0.3, -0.25) is 14.9 Å². The van der Waals surface area contributed by atoms with Crippen LogP contribution in [0.25, 0.3) is 0 Å². The summed E-state index contributed by atoms with van der Waals surface area (Å²) >= 11 is 0. The summed E-state index contributed by atoms with van der Waals surface area (Å²) in [7, 11) is 0. The number of ketones is 1. The van der Waals surface area contributed by atoms with Crippen LogP contribution in [-0.4, -0.2) is 21.5 Å². The van der Waals surface area contributed by atoms with E-state index in [-0.39, 0.29) is 22.9 Å². The fourth-order valence-corrected chi connectivity index (χ4v) is 1.76. The highest BCUT2D eigenvalue weighted by Crippen LogP contribution is 2.42. The van der Waals surface area contributed by atoms with E-state index in [2.05, 4.69) is 4.99 Å². The predicted octanol–water partition coefficient (Wildman–Crippen LogP) is 1.96. The Hall–Kier alpha value is -2.96. The predicted molar refractivity (Wildman–Crippen MR) is 74.3 cm³/mol. The largest absolute Gasteiger partial charge is 0.506 e. The van der Waals surface area contributed by atoms with Crippen LogP contribution in [0, 0.1) is 17.0 Å². The number of aliphatic imine (C=N–C) groups is 1. The van der Waals surface area contributed by atoms with Crippen LogP contribution in [0.3, 0.4) is 0 Å². The van der Waals surface area contributed by atoms with Gasteiger partial charge in [0.1, 0.15) is 11.4 Å². The normalized spacial score (nSPS) is 13.7. The number of rotatable bonds is 2. The molecule has 2 rings (SSSR count). The van der Waals surface area contributed by atoms with Gasteiger partial charge in [0.2, 0.25) is 0 Å². The van der Waals surface area contributed by atoms with Crippen molar-refractivity contribution in [1.82, 2.24) is 0 Å². The molecule has 0 aliphatic heterocycles. The summed E-state index contributed by atoms with van der Waals surface area (Å²) in [5.74, 6) is -0.538. The molecule has 0 amide bonds. The number of aromatic hydroxyl groups is 1. The Kier molecular flexibility index (Phi) is 3.34. The first kappa shape index (κ1) is 13.5. The van der Waals surface area contributed by atoms with E-state index in [0.29, 0.717) is 11.3 Å². The van der Waals surface area contributed by atoms with Crippen molar-refractivity contribution in [2.45, 2.75) is 6.92 Å². The summed E-state index contributed by atoms with van der Waals surface area (Å²) in [4.78, 5) is 25.5. The highest BCUT2D eigenvalue weighted by atomic mass is 16.6. The number of hydrogen-bond donors (Lipinski definition) is 2. The van der Waals surface area contributed by atoms with Crippen molar-refractivity contribution < 1.29 is 14.8 Å². The van der Waals surface area contributed by atoms with Gasteiger partial charge in [0.25, 0.3) is 0 Å². The second-order valence-corrected chi connectivity index (χ2v) is 4.19. The molecule has 102 valence electrons. The van der Waals surface area contributed by atoms with E-state index in [4.69, 9.17) is 5.73 Å². The standard InChI is InChI=1S/C13H11N3O4/c1-7-6-10(18)11(14)13(16(19)20)12(7)15-8-2-4-9(17)5-3-8/h2-6,18H,14H2,1H3. The monoisotopic (exact) mass is 273 g/mol. The zero-order valence-corrected chi connectivity index (χ0v) is 10.5. The number of hydrogen-bond acceptors (Lipinski definition) is 6. The molecule has 1 aliphatic carbocycles. The maximum absolute atomic E-state index is 11.1. The fourth-order valence-electron chi connectivity index (χ4n) is 1.76. The summed E-state index contributed by atoms with van der Waals surface area (Å²) in [6.07, 6.45) is 5.52. The fraction of sp³-hybridized carbons (Fsp3) is 0.0769. The summed E-state index contributed by atoms with van der Waals surface area (Å²) < 4.78 is 0. The molecule has 3 N–H and O–H groups in total. The van der Waals surface area contributed by atoms with Crippen LogP contribution in [0.1, 0.15) is 5.56 Å². The van der Waals surface area contributed by atoms with Crippen LogP contribution in [0.15, 0.2) is 35.4 Å². The van der Waals surface area contributed by atoms with Crippen molar-refractivity contribution in [1.29, 1.82) is 0 Å². The first-order valence-electron chi connectivity index (χ1n) is 5.65. The molecule has 0 atom stereocenters. The Morgan fingerprint density at radius 1 is 1.30 bits per heavy atom. The van der Waals surface area contributed by atoms with Gasteiger partial charge < -0.3 is 10.8 Å². The Balaban J connectivity index is 2.63. The Bertz CT molecular complexity index is 684. The molecule has 0 radical (unpaired) electrons. The zero-order chi connectivity index (χ0) is 14.9. The Labute approximate surface area is 113 Å². The number of benzene rings is 1. The van der Waals surface area contributed by atoms with E-state index in [1.54, 1.807) is 6.92 Å². The summed E-state index contributed by atoms with van der Waals surface area (Å²) in [5.41, 5.74) is 5.61. The van der Waals surface area contributed by atoms with E-state index in [0.717, 1.165) is 0 Å². The number of allylic oxidation sites excluding steroid dienone is 4. The maximum Gasteiger partial charge on any atom is 0.321 e. The SMILES string of the molecule is Cc1cc(O)c(N)c([N+](=O)[O-])c1N=C1C=CC(=O)C=C1. The molecule has 0 saturated carbocycles. The summed E-state index contributed by atoms with van der Waals surface area (Å²) in [6, 6.07) is 1.31. The van der Waals surface area contributed by atoms with Crippen molar-refractivity contribution in [3.8, 4) is 5.75 Å². The van der Waals surface area contributed by atoms with Gasteiger partial charge in [-0.1, -0.05) is 0 Å². The molecule has 0 saturated heterocycles. The van der Waals surface area contributed by atoms with Crippen LogP contribution >= 0.6 is 0 Å². The lowest BCUT2D eigenvalue weighted by molar-refractivity contribution is -0.383. The van der Waals surface area contributed by atoms with Gasteiger partial charge in [-0.15, -0.1) is 0 Å². The lowest BCUT2D eigenvalue weighted by Gasteiger charge is -2.08. The molecule has 1 aromatic carbocycles. The van der Waals surface area contributed by atoms with Crippen LogP contribution < -0.4 is 5.73 Å². The molecule has 1 aromatic rings. The van der Waals surface area contributed by atoms with E-state index in [1.807, 2.05) is 0 Å². The summed E-state index contributed by atoms with van der Waals surface area (Å²) in [5, 5.41) is 20.6. The molecule has 0 aromatic heterocycles. The third-order valence-corrected chi connectivity index (χ3v) is 2.74. The second-order valence-electron chi connectivity index (χ2n) is 4.19. The van der Waals surface area contributed by atoms with Gasteiger partial charge in [-0.2, -0.15) is 0 Å². The number of anilines is 1. The lowest BCUT2D eigenvalue weighted by atomic mass is 10.1. The van der Waals surface area contributed by atoms with E-state index < -0.39 is 10.6 Å². The number of nitrogen functional groups attached to an aromatic ring is 1. The minimum atomic E-state index is -0.692. The van der Waals surface area contributed by atoms with Crippen molar-refractivity contribution in [2.75, 3.05) is 5.73 Å². The number of nitrogens with zero attached hydrogens (tertiary/aromatic N) is 2. The lowest BCUT2D eigenvalue weighted by Crippen LogP contribution is -2.01. The number of carbonyl (C=O) groups is 1. The minimum absolute atomic E-state index is 0.0592. The third kappa shape index (κ3) is 2.41. The van der Waals surface area contributed by atoms with E-state index >= 15 is 0 Å². The highest BCUT2D eigenvalue weighted by Gasteiger charge is 2.24. The van der Waals surface area contributed by atoms with Crippen LogP contribution in [0.4, 0.5) is 17.1 Å². The van der Waals surface area contributed by atoms with E-state index in [1.165, 1.54) is 30.4 Å². The molecule has 0 heterocycles. The molecule has 0 unspecified atom stereocenters. The number of nitro groups is 1. The average Bonchev–Trinajstić information content (AvgIpc) is 2.38. The number of aryl methyl sites for hydroxylation is 1. The number of carbonyl (C=O) groups excluding carboxylic acids is 1. The highest BCUT2D eigenvalue weighted by molar-refractivity contribution is 6.17. The molecular weight excluding hydrogens is 262 g/mol. The van der Waals surface area contributed by atoms with Crippen LogP contribution in [0.5, 0.6) is 5.75 Å². The van der Waals surface area contributed by atoms with Gasteiger partial charge >= 0.3 is 5.69 Å². The maximum atomic E-state index is 11.1. The molecule has 1 aliphatic rings. The van der Waals surface area contributed by atoms with E-state index in [9.17, 15) is 20.0 Å². The number of phenols is 1. The molecule has 7 heteroatoms. The van der Waals surface area contributed by atoms with Gasteiger partial charge in [-0.05, 0) is 42.9 Å². The molecule has 0 fully saturated rings. The topological polar surface area (TPSA) is 119 Å². The van der Waals surface area contributed by atoms with Crippen molar-refractivity contribution in [3.05, 3.63) is 46.0 Å². The van der Waals surface area contributed by atoms with Gasteiger partial charge in [-0.25, -0.2) is 4.99 Å². The second kappa shape index (κ2) is 4.96. The smallest absolute Gasteiger partial charge is 0.321 e. The summed E-state index contributed by atoms with van der Waals surface area (Å²) in [6.45, 7) is 1.58. The Morgan fingerprint density at radius 3 is 2.45 bits per heavy atom. The van der Waals surface area contributed by atoms with Crippen LogP contribution in [0.2, 0.25) is 0 Å². The average molecular weight is 273 g/mol. The van der Waals surface area contributed by atoms with Gasteiger partial charge in [0.15, 0.2) is 11.5 Å². The van der Waals surface area contributed by atoms with Gasteiger partial charge in [0, 0.05) is 0 Å². The quantitative estimate of drug-likeness (QED) is 0.280. The molecule has 0 bridgehead atoms. The number of nitrogens with two attached hydrogens (primary N) is 1. The molecule has 7 nitrogen and oxygen atoms in total. The Morgan fingerprint density at radius 2 is 1.90 bits per heavy atom. The molecule has 0 spiro atoms. The van der Waals surface area contributed by atoms with Crippen LogP contribution in [-0.2, 0) is 4.79 Å². The first-order chi connectivity index (χ1) is 9.40. The first-order valence-corrected chi connectivity index (χ1v) is 5.65. The zero-order valence-electron chi connectivity index (χ0n) is 10.5. The number of nitro benzene ring substituents is 1.